The molecule has 0 aromatic carbocycles. The van der Waals surface area contributed by atoms with Crippen molar-refractivity contribution in [2.45, 2.75) is 65.3 Å². The highest BCUT2D eigenvalue weighted by Crippen LogP contribution is 2.24. The van der Waals surface area contributed by atoms with Gasteiger partial charge >= 0.3 is 5.97 Å². The molecule has 1 saturated carbocycles. The summed E-state index contributed by atoms with van der Waals surface area (Å²) in [5.74, 6) is -1.29. The van der Waals surface area contributed by atoms with Crippen LogP contribution in [-0.4, -0.2) is 34.5 Å². The van der Waals surface area contributed by atoms with Crippen molar-refractivity contribution in [3.05, 3.63) is 0 Å². The van der Waals surface area contributed by atoms with Crippen LogP contribution in [0, 0.1) is 11.8 Å². The van der Waals surface area contributed by atoms with Crippen LogP contribution in [0.4, 0.5) is 0 Å². The molecule has 0 bridgehead atoms. The van der Waals surface area contributed by atoms with Crippen molar-refractivity contribution < 1.29 is 14.7 Å². The third-order valence-electron chi connectivity index (χ3n) is 3.93. The van der Waals surface area contributed by atoms with Crippen LogP contribution in [0.2, 0.25) is 0 Å². The maximum atomic E-state index is 12.3. The molecule has 0 spiro atoms. The van der Waals surface area contributed by atoms with E-state index in [-0.39, 0.29) is 17.9 Å². The highest BCUT2D eigenvalue weighted by molar-refractivity contribution is 5.79. The van der Waals surface area contributed by atoms with Crippen LogP contribution in [0.15, 0.2) is 0 Å². The molecule has 0 aromatic rings. The molecule has 0 heterocycles. The SMILES string of the molecule is CC(C)C(=O)N(CC(C)C(=O)O)C1CCCCCC1. The molecule has 0 saturated heterocycles. The van der Waals surface area contributed by atoms with Crippen LogP contribution in [0.1, 0.15) is 59.3 Å². The Labute approximate surface area is 116 Å². The summed E-state index contributed by atoms with van der Waals surface area (Å²) in [7, 11) is 0. The molecule has 4 heteroatoms. The van der Waals surface area contributed by atoms with Crippen LogP contribution >= 0.6 is 0 Å². The summed E-state index contributed by atoms with van der Waals surface area (Å²) < 4.78 is 0. The van der Waals surface area contributed by atoms with Gasteiger partial charge in [0.05, 0.1) is 5.92 Å². The average Bonchev–Trinajstić information content (AvgIpc) is 2.63. The lowest BCUT2D eigenvalue weighted by atomic mass is 10.0. The normalized spacial score (nSPS) is 18.9. The molecule has 1 N–H and O–H groups in total. The maximum absolute atomic E-state index is 12.3. The van der Waals surface area contributed by atoms with Gasteiger partial charge in [0.2, 0.25) is 5.91 Å². The molecule has 1 fully saturated rings. The first-order valence-electron chi connectivity index (χ1n) is 7.46. The zero-order valence-electron chi connectivity index (χ0n) is 12.4. The van der Waals surface area contributed by atoms with Gasteiger partial charge in [0.15, 0.2) is 0 Å². The zero-order valence-corrected chi connectivity index (χ0v) is 12.4. The van der Waals surface area contributed by atoms with Crippen LogP contribution in [0.5, 0.6) is 0 Å². The molecule has 0 aliphatic heterocycles. The molecule has 0 radical (unpaired) electrons. The Morgan fingerprint density at radius 2 is 1.63 bits per heavy atom. The van der Waals surface area contributed by atoms with E-state index >= 15 is 0 Å². The maximum Gasteiger partial charge on any atom is 0.308 e. The zero-order chi connectivity index (χ0) is 14.4. The van der Waals surface area contributed by atoms with E-state index in [9.17, 15) is 9.59 Å². The average molecular weight is 269 g/mol. The fraction of sp³-hybridized carbons (Fsp3) is 0.867. The van der Waals surface area contributed by atoms with E-state index in [1.807, 2.05) is 18.7 Å². The first-order valence-corrected chi connectivity index (χ1v) is 7.46. The number of rotatable bonds is 5. The highest BCUT2D eigenvalue weighted by Gasteiger charge is 2.29. The van der Waals surface area contributed by atoms with Crippen LogP contribution in [-0.2, 0) is 9.59 Å². The van der Waals surface area contributed by atoms with E-state index in [2.05, 4.69) is 0 Å². The highest BCUT2D eigenvalue weighted by atomic mass is 16.4. The minimum Gasteiger partial charge on any atom is -0.481 e. The van der Waals surface area contributed by atoms with Gasteiger partial charge in [0.25, 0.3) is 0 Å². The van der Waals surface area contributed by atoms with Crippen molar-refractivity contribution in [1.82, 2.24) is 4.90 Å². The van der Waals surface area contributed by atoms with Crippen molar-refractivity contribution in [3.8, 4) is 0 Å². The minimum absolute atomic E-state index is 0.0655. The number of hydrogen-bond donors (Lipinski definition) is 1. The molecule has 4 nitrogen and oxygen atoms in total. The Bertz CT molecular complexity index is 307. The van der Waals surface area contributed by atoms with Crippen molar-refractivity contribution >= 4 is 11.9 Å². The van der Waals surface area contributed by atoms with Crippen molar-refractivity contribution in [2.75, 3.05) is 6.54 Å². The van der Waals surface area contributed by atoms with Gasteiger partial charge < -0.3 is 10.0 Å². The smallest absolute Gasteiger partial charge is 0.308 e. The van der Waals surface area contributed by atoms with Gasteiger partial charge in [-0.25, -0.2) is 0 Å². The fourth-order valence-corrected chi connectivity index (χ4v) is 2.69. The molecular formula is C15H27NO3. The third kappa shape index (κ3) is 4.84. The Morgan fingerprint density at radius 3 is 2.05 bits per heavy atom. The number of carbonyl (C=O) groups excluding carboxylic acids is 1. The van der Waals surface area contributed by atoms with Gasteiger partial charge in [-0.1, -0.05) is 46.5 Å². The summed E-state index contributed by atoms with van der Waals surface area (Å²) in [6.07, 6.45) is 6.79. The second kappa shape index (κ2) is 7.51. The molecule has 1 rings (SSSR count). The number of carboxylic acids is 1. The fourth-order valence-electron chi connectivity index (χ4n) is 2.69. The Kier molecular flexibility index (Phi) is 6.32. The Balaban J connectivity index is 2.77. The van der Waals surface area contributed by atoms with E-state index in [1.54, 1.807) is 6.92 Å². The predicted molar refractivity (Wildman–Crippen MR) is 74.8 cm³/mol. The number of hydrogen-bond acceptors (Lipinski definition) is 2. The summed E-state index contributed by atoms with van der Waals surface area (Å²) in [5, 5.41) is 9.07. The Morgan fingerprint density at radius 1 is 1.11 bits per heavy atom. The van der Waals surface area contributed by atoms with E-state index in [4.69, 9.17) is 5.11 Å². The summed E-state index contributed by atoms with van der Waals surface area (Å²) in [4.78, 5) is 25.2. The number of carboxylic acid groups (broad SMARTS) is 1. The lowest BCUT2D eigenvalue weighted by Gasteiger charge is -2.34. The largest absolute Gasteiger partial charge is 0.481 e. The van der Waals surface area contributed by atoms with Crippen molar-refractivity contribution in [2.24, 2.45) is 11.8 Å². The van der Waals surface area contributed by atoms with E-state index in [0.717, 1.165) is 25.7 Å². The first-order chi connectivity index (χ1) is 8.93. The predicted octanol–water partition coefficient (Wildman–Crippen LogP) is 2.91. The number of amides is 1. The van der Waals surface area contributed by atoms with Gasteiger partial charge in [0, 0.05) is 18.5 Å². The molecule has 1 amide bonds. The van der Waals surface area contributed by atoms with Crippen LogP contribution < -0.4 is 0 Å². The molecule has 19 heavy (non-hydrogen) atoms. The van der Waals surface area contributed by atoms with Gasteiger partial charge in [-0.15, -0.1) is 0 Å². The molecule has 0 aromatic heterocycles. The minimum atomic E-state index is -0.824. The van der Waals surface area contributed by atoms with E-state index in [0.29, 0.717) is 6.54 Å². The number of aliphatic carboxylic acids is 1. The summed E-state index contributed by atoms with van der Waals surface area (Å²) in [6, 6.07) is 0.235. The van der Waals surface area contributed by atoms with Gasteiger partial charge in [-0.2, -0.15) is 0 Å². The first kappa shape index (κ1) is 16.0. The molecule has 1 unspecified atom stereocenters. The van der Waals surface area contributed by atoms with Crippen molar-refractivity contribution in [1.29, 1.82) is 0 Å². The quantitative estimate of drug-likeness (QED) is 0.781. The van der Waals surface area contributed by atoms with Crippen LogP contribution in [0.25, 0.3) is 0 Å². The Hall–Kier alpha value is -1.06. The molecule has 1 aliphatic rings. The standard InChI is InChI=1S/C15H27NO3/c1-11(2)14(17)16(10-12(3)15(18)19)13-8-6-4-5-7-9-13/h11-13H,4-10H2,1-3H3,(H,18,19). The summed E-state index contributed by atoms with van der Waals surface area (Å²) in [5.41, 5.74) is 0. The van der Waals surface area contributed by atoms with E-state index in [1.165, 1.54) is 12.8 Å². The van der Waals surface area contributed by atoms with Gasteiger partial charge in [0.1, 0.15) is 0 Å². The van der Waals surface area contributed by atoms with Gasteiger partial charge in [-0.3, -0.25) is 9.59 Å². The molecule has 1 atom stereocenters. The second-order valence-electron chi connectivity index (χ2n) is 6.03. The van der Waals surface area contributed by atoms with Crippen LogP contribution in [0.3, 0.4) is 0 Å². The van der Waals surface area contributed by atoms with Crippen molar-refractivity contribution in [3.63, 3.8) is 0 Å². The molecule has 1 aliphatic carbocycles. The lowest BCUT2D eigenvalue weighted by molar-refractivity contribution is -0.145. The van der Waals surface area contributed by atoms with E-state index < -0.39 is 11.9 Å². The number of nitrogens with zero attached hydrogens (tertiary/aromatic N) is 1. The second-order valence-corrected chi connectivity index (χ2v) is 6.03. The lowest BCUT2D eigenvalue weighted by Crippen LogP contribution is -2.45. The summed E-state index contributed by atoms with van der Waals surface area (Å²) >= 11 is 0. The topological polar surface area (TPSA) is 57.6 Å². The molecular weight excluding hydrogens is 242 g/mol. The molecule has 110 valence electrons. The monoisotopic (exact) mass is 269 g/mol. The third-order valence-corrected chi connectivity index (χ3v) is 3.93. The number of carbonyl (C=O) groups is 2. The summed E-state index contributed by atoms with van der Waals surface area (Å²) in [6.45, 7) is 5.80. The van der Waals surface area contributed by atoms with Gasteiger partial charge in [-0.05, 0) is 12.8 Å².